The highest BCUT2D eigenvalue weighted by atomic mass is 35.5. The van der Waals surface area contributed by atoms with E-state index in [4.69, 9.17) is 32.7 Å². The van der Waals surface area contributed by atoms with Gasteiger partial charge in [0.05, 0.1) is 14.9 Å². The summed E-state index contributed by atoms with van der Waals surface area (Å²) in [7, 11) is -3.69. The number of hydrogen-bond acceptors (Lipinski definition) is 4. The second kappa shape index (κ2) is 5.47. The number of furan rings is 1. The maximum atomic E-state index is 12.1. The van der Waals surface area contributed by atoms with Gasteiger partial charge < -0.3 is 9.52 Å². The first-order valence-electron chi connectivity index (χ1n) is 5.29. The molecule has 0 unspecified atom stereocenters. The molecule has 0 aliphatic rings. The summed E-state index contributed by atoms with van der Waals surface area (Å²) in [4.78, 5) is 10.6. The third-order valence-corrected chi connectivity index (χ3v) is 4.83. The van der Waals surface area contributed by atoms with Crippen LogP contribution in [0.4, 0.5) is 0 Å². The molecule has 0 saturated carbocycles. The van der Waals surface area contributed by atoms with Gasteiger partial charge in [-0.05, 0) is 30.3 Å². The van der Waals surface area contributed by atoms with Crippen molar-refractivity contribution in [1.29, 1.82) is 0 Å². The molecule has 8 heteroatoms. The van der Waals surface area contributed by atoms with Crippen LogP contribution in [0.15, 0.2) is 39.6 Å². The number of carbonyl (C=O) groups is 1. The Morgan fingerprint density at radius 2 is 1.85 bits per heavy atom. The molecule has 2 aromatic rings. The molecule has 1 N–H and O–H groups in total. The quantitative estimate of drug-likeness (QED) is 0.927. The van der Waals surface area contributed by atoms with Crippen LogP contribution in [0.2, 0.25) is 10.0 Å². The van der Waals surface area contributed by atoms with Crippen molar-refractivity contribution in [3.05, 3.63) is 51.9 Å². The molecule has 0 aliphatic carbocycles. The second-order valence-corrected chi connectivity index (χ2v) is 6.71. The van der Waals surface area contributed by atoms with E-state index in [0.29, 0.717) is 0 Å². The van der Waals surface area contributed by atoms with E-state index < -0.39 is 21.6 Å². The number of halogens is 2. The average Bonchev–Trinajstić information content (AvgIpc) is 2.80. The number of aromatic carboxylic acids is 1. The van der Waals surface area contributed by atoms with Crippen LogP contribution in [0.5, 0.6) is 0 Å². The SMILES string of the molecule is O=C(O)c1ccc(CS(=O)(=O)c2ccc(Cl)c(Cl)c2)o1. The van der Waals surface area contributed by atoms with Crippen LogP contribution < -0.4 is 0 Å². The van der Waals surface area contributed by atoms with Crippen molar-refractivity contribution in [3.63, 3.8) is 0 Å². The van der Waals surface area contributed by atoms with E-state index >= 15 is 0 Å². The smallest absolute Gasteiger partial charge is 0.371 e. The number of sulfone groups is 1. The highest BCUT2D eigenvalue weighted by molar-refractivity contribution is 7.90. The first-order valence-corrected chi connectivity index (χ1v) is 7.70. The highest BCUT2D eigenvalue weighted by Gasteiger charge is 2.20. The lowest BCUT2D eigenvalue weighted by Crippen LogP contribution is -2.04. The molecule has 20 heavy (non-hydrogen) atoms. The van der Waals surface area contributed by atoms with Crippen LogP contribution in [0.25, 0.3) is 0 Å². The summed E-state index contributed by atoms with van der Waals surface area (Å²) in [5.74, 6) is -2.00. The van der Waals surface area contributed by atoms with Crippen molar-refractivity contribution < 1.29 is 22.7 Å². The van der Waals surface area contributed by atoms with Crippen LogP contribution in [0.1, 0.15) is 16.3 Å². The van der Waals surface area contributed by atoms with Crippen molar-refractivity contribution >= 4 is 39.0 Å². The number of rotatable bonds is 4. The van der Waals surface area contributed by atoms with Gasteiger partial charge in [-0.15, -0.1) is 0 Å². The van der Waals surface area contributed by atoms with Gasteiger partial charge in [-0.2, -0.15) is 0 Å². The Kier molecular flexibility index (Phi) is 4.08. The average molecular weight is 335 g/mol. The van der Waals surface area contributed by atoms with Gasteiger partial charge in [-0.3, -0.25) is 0 Å². The molecule has 1 heterocycles. The Morgan fingerprint density at radius 1 is 1.15 bits per heavy atom. The largest absolute Gasteiger partial charge is 0.475 e. The first kappa shape index (κ1) is 14.9. The zero-order valence-corrected chi connectivity index (χ0v) is 12.2. The number of hydrogen-bond donors (Lipinski definition) is 1. The summed E-state index contributed by atoms with van der Waals surface area (Å²) < 4.78 is 29.2. The third kappa shape index (κ3) is 3.15. The maximum Gasteiger partial charge on any atom is 0.371 e. The van der Waals surface area contributed by atoms with Gasteiger partial charge in [0.15, 0.2) is 9.84 Å². The van der Waals surface area contributed by atoms with Crippen molar-refractivity contribution in [2.24, 2.45) is 0 Å². The fourth-order valence-electron chi connectivity index (χ4n) is 1.51. The molecule has 0 aliphatic heterocycles. The fraction of sp³-hybridized carbons (Fsp3) is 0.0833. The molecule has 1 aromatic heterocycles. The highest BCUT2D eigenvalue weighted by Crippen LogP contribution is 2.26. The minimum Gasteiger partial charge on any atom is -0.475 e. The molecule has 5 nitrogen and oxygen atoms in total. The van der Waals surface area contributed by atoms with Gasteiger partial charge >= 0.3 is 5.97 Å². The number of carboxylic acid groups (broad SMARTS) is 1. The predicted octanol–water partition coefficient (Wildman–Crippen LogP) is 3.26. The molecule has 0 saturated heterocycles. The van der Waals surface area contributed by atoms with Crippen LogP contribution in [0.3, 0.4) is 0 Å². The van der Waals surface area contributed by atoms with Gasteiger partial charge in [0, 0.05) is 0 Å². The molecule has 0 amide bonds. The molecule has 0 bridgehead atoms. The van der Waals surface area contributed by atoms with Crippen molar-refractivity contribution in [2.75, 3.05) is 0 Å². The van der Waals surface area contributed by atoms with E-state index in [1.54, 1.807) is 0 Å². The molecular weight excluding hydrogens is 327 g/mol. The Labute approximate surface area is 124 Å². The van der Waals surface area contributed by atoms with Gasteiger partial charge in [0.2, 0.25) is 5.76 Å². The Balaban J connectivity index is 2.30. The third-order valence-electron chi connectivity index (χ3n) is 2.45. The number of benzene rings is 1. The first-order chi connectivity index (χ1) is 9.29. The van der Waals surface area contributed by atoms with Crippen LogP contribution >= 0.6 is 23.2 Å². The lowest BCUT2D eigenvalue weighted by Gasteiger charge is -2.04. The molecule has 0 fully saturated rings. The molecular formula is C12H8Cl2O5S. The van der Waals surface area contributed by atoms with E-state index in [1.165, 1.54) is 30.3 Å². The zero-order chi connectivity index (χ0) is 14.9. The second-order valence-electron chi connectivity index (χ2n) is 3.91. The normalized spacial score (nSPS) is 11.5. The van der Waals surface area contributed by atoms with Crippen molar-refractivity contribution in [3.8, 4) is 0 Å². The summed E-state index contributed by atoms with van der Waals surface area (Å²) in [6.45, 7) is 0. The zero-order valence-electron chi connectivity index (χ0n) is 9.84. The van der Waals surface area contributed by atoms with Gasteiger partial charge in [-0.25, -0.2) is 13.2 Å². The molecule has 0 spiro atoms. The molecule has 0 atom stereocenters. The van der Waals surface area contributed by atoms with E-state index in [9.17, 15) is 13.2 Å². The molecule has 1 aromatic carbocycles. The summed E-state index contributed by atoms with van der Waals surface area (Å²) in [6, 6.07) is 6.44. The van der Waals surface area contributed by atoms with E-state index in [-0.39, 0.29) is 26.5 Å². The summed E-state index contributed by atoms with van der Waals surface area (Å²) in [6.07, 6.45) is 0. The van der Waals surface area contributed by atoms with E-state index in [0.717, 1.165) is 0 Å². The van der Waals surface area contributed by atoms with E-state index in [2.05, 4.69) is 0 Å². The van der Waals surface area contributed by atoms with Crippen molar-refractivity contribution in [1.82, 2.24) is 0 Å². The monoisotopic (exact) mass is 334 g/mol. The Bertz CT molecular complexity index is 764. The summed E-state index contributed by atoms with van der Waals surface area (Å²) >= 11 is 11.5. The summed E-state index contributed by atoms with van der Waals surface area (Å²) in [5, 5.41) is 9.08. The van der Waals surface area contributed by atoms with Crippen LogP contribution in [-0.4, -0.2) is 19.5 Å². The molecule has 0 radical (unpaired) electrons. The maximum absolute atomic E-state index is 12.1. The standard InChI is InChI=1S/C12H8Cl2O5S/c13-9-3-2-8(5-10(9)14)20(17,18)6-7-1-4-11(19-7)12(15)16/h1-5H,6H2,(H,15,16). The Morgan fingerprint density at radius 3 is 2.40 bits per heavy atom. The number of carboxylic acids is 1. The summed E-state index contributed by atoms with van der Waals surface area (Å²) in [5.41, 5.74) is 0. The topological polar surface area (TPSA) is 84.6 Å². The van der Waals surface area contributed by atoms with Crippen molar-refractivity contribution in [2.45, 2.75) is 10.6 Å². The molecule has 106 valence electrons. The minimum absolute atomic E-state index is 0.0137. The van der Waals surface area contributed by atoms with Crippen LogP contribution in [-0.2, 0) is 15.6 Å². The minimum atomic E-state index is -3.69. The van der Waals surface area contributed by atoms with Gasteiger partial charge in [0.25, 0.3) is 0 Å². The lowest BCUT2D eigenvalue weighted by molar-refractivity contribution is 0.0660. The van der Waals surface area contributed by atoms with Crippen LogP contribution in [0, 0.1) is 0 Å². The lowest BCUT2D eigenvalue weighted by atomic mass is 10.4. The van der Waals surface area contributed by atoms with Gasteiger partial charge in [-0.1, -0.05) is 23.2 Å². The van der Waals surface area contributed by atoms with E-state index in [1.807, 2.05) is 0 Å². The molecule has 2 rings (SSSR count). The fourth-order valence-corrected chi connectivity index (χ4v) is 3.14. The Hall–Kier alpha value is -1.50. The van der Waals surface area contributed by atoms with Gasteiger partial charge in [0.1, 0.15) is 11.5 Å². The predicted molar refractivity (Wildman–Crippen MR) is 73.0 cm³/mol.